The van der Waals surface area contributed by atoms with Gasteiger partial charge in [0.15, 0.2) is 0 Å². The van der Waals surface area contributed by atoms with Crippen LogP contribution in [0, 0.1) is 0 Å². The van der Waals surface area contributed by atoms with Gasteiger partial charge < -0.3 is 15.2 Å². The molecule has 1 aliphatic heterocycles. The van der Waals surface area contributed by atoms with Crippen molar-refractivity contribution in [2.75, 3.05) is 7.11 Å². The van der Waals surface area contributed by atoms with Gasteiger partial charge >= 0.3 is 0 Å². The van der Waals surface area contributed by atoms with Gasteiger partial charge in [0, 0.05) is 5.56 Å². The zero-order valence-electron chi connectivity index (χ0n) is 9.09. The van der Waals surface area contributed by atoms with Crippen LogP contribution in [0.5, 0.6) is 11.5 Å². The Morgan fingerprint density at radius 2 is 2.19 bits per heavy atom. The van der Waals surface area contributed by atoms with E-state index in [2.05, 4.69) is 38.8 Å². The molecule has 0 fully saturated rings. The predicted octanol–water partition coefficient (Wildman–Crippen LogP) is 3.39. The third-order valence-electron chi connectivity index (χ3n) is 2.80. The lowest BCUT2D eigenvalue weighted by Gasteiger charge is -2.12. The van der Waals surface area contributed by atoms with Gasteiger partial charge in [-0.2, -0.15) is 0 Å². The Morgan fingerprint density at radius 1 is 1.50 bits per heavy atom. The maximum Gasteiger partial charge on any atom is 0.140 e. The van der Waals surface area contributed by atoms with Gasteiger partial charge in [0.1, 0.15) is 17.6 Å². The Balaban J connectivity index is 2.57. The third kappa shape index (κ3) is 1.75. The van der Waals surface area contributed by atoms with Crippen LogP contribution in [-0.4, -0.2) is 13.2 Å². The summed E-state index contributed by atoms with van der Waals surface area (Å²) in [6.07, 6.45) is 0.923. The molecule has 1 aromatic carbocycles. The molecule has 88 valence electrons. The largest absolute Gasteiger partial charge is 0.496 e. The zero-order valence-corrected chi connectivity index (χ0v) is 12.3. The first-order valence-electron chi connectivity index (χ1n) is 5.08. The highest BCUT2D eigenvalue weighted by atomic mass is 79.9. The summed E-state index contributed by atoms with van der Waals surface area (Å²) >= 11 is 6.99. The second kappa shape index (κ2) is 4.55. The first-order valence-corrected chi connectivity index (χ1v) is 6.66. The van der Waals surface area contributed by atoms with E-state index in [1.807, 2.05) is 6.07 Å². The summed E-state index contributed by atoms with van der Waals surface area (Å²) in [6.45, 7) is 2.06. The van der Waals surface area contributed by atoms with Crippen molar-refractivity contribution in [2.45, 2.75) is 25.5 Å². The van der Waals surface area contributed by atoms with Crippen molar-refractivity contribution in [1.82, 2.24) is 0 Å². The average Bonchev–Trinajstić information content (AvgIpc) is 2.61. The van der Waals surface area contributed by atoms with Crippen LogP contribution in [-0.2, 0) is 0 Å². The normalized spacial score (nSPS) is 22.8. The summed E-state index contributed by atoms with van der Waals surface area (Å²) in [4.78, 5) is 0. The summed E-state index contributed by atoms with van der Waals surface area (Å²) in [5.41, 5.74) is 7.15. The van der Waals surface area contributed by atoms with Crippen LogP contribution >= 0.6 is 31.9 Å². The lowest BCUT2D eigenvalue weighted by atomic mass is 10.0. The van der Waals surface area contributed by atoms with Gasteiger partial charge in [-0.05, 0) is 44.3 Å². The molecule has 0 aliphatic carbocycles. The van der Waals surface area contributed by atoms with E-state index in [1.54, 1.807) is 7.11 Å². The van der Waals surface area contributed by atoms with Gasteiger partial charge in [-0.3, -0.25) is 0 Å². The van der Waals surface area contributed by atoms with Crippen molar-refractivity contribution in [1.29, 1.82) is 0 Å². The number of halogens is 2. The van der Waals surface area contributed by atoms with Crippen LogP contribution in [0.3, 0.4) is 0 Å². The molecule has 2 rings (SSSR count). The molecule has 2 unspecified atom stereocenters. The highest BCUT2D eigenvalue weighted by molar-refractivity contribution is 9.11. The Labute approximate surface area is 112 Å². The predicted molar refractivity (Wildman–Crippen MR) is 70.0 cm³/mol. The lowest BCUT2D eigenvalue weighted by Crippen LogP contribution is -2.24. The van der Waals surface area contributed by atoms with E-state index in [0.29, 0.717) is 0 Å². The topological polar surface area (TPSA) is 44.5 Å². The van der Waals surface area contributed by atoms with E-state index < -0.39 is 0 Å². The Hall–Kier alpha value is -0.260. The molecule has 0 saturated heterocycles. The van der Waals surface area contributed by atoms with Crippen LogP contribution in [0.1, 0.15) is 24.9 Å². The van der Waals surface area contributed by atoms with Crippen molar-refractivity contribution < 1.29 is 9.47 Å². The maximum absolute atomic E-state index is 6.16. The molecule has 0 amide bonds. The van der Waals surface area contributed by atoms with Crippen LogP contribution in [0.15, 0.2) is 15.0 Å². The van der Waals surface area contributed by atoms with E-state index in [4.69, 9.17) is 15.2 Å². The van der Waals surface area contributed by atoms with Gasteiger partial charge in [-0.25, -0.2) is 0 Å². The number of methoxy groups -OCH3 is 1. The molecule has 0 saturated carbocycles. The summed E-state index contributed by atoms with van der Waals surface area (Å²) in [7, 11) is 1.64. The van der Waals surface area contributed by atoms with Crippen molar-refractivity contribution in [3.05, 3.63) is 20.6 Å². The molecule has 1 heterocycles. The zero-order chi connectivity index (χ0) is 11.9. The fourth-order valence-corrected chi connectivity index (χ4v) is 3.15. The standard InChI is InChI=1S/C11H13Br2NO2/c1-3-6-10(14)8-9(13)7(15-2)4-5(12)11(8)16-6/h4,6,10H,3,14H2,1-2H3. The van der Waals surface area contributed by atoms with E-state index >= 15 is 0 Å². The minimum Gasteiger partial charge on any atom is -0.496 e. The summed E-state index contributed by atoms with van der Waals surface area (Å²) in [6, 6.07) is 1.77. The van der Waals surface area contributed by atoms with Gasteiger partial charge in [-0.1, -0.05) is 6.92 Å². The Kier molecular flexibility index (Phi) is 3.47. The fraction of sp³-hybridized carbons (Fsp3) is 0.455. The molecule has 0 spiro atoms. The van der Waals surface area contributed by atoms with Gasteiger partial charge in [-0.15, -0.1) is 0 Å². The lowest BCUT2D eigenvalue weighted by molar-refractivity contribution is 0.201. The average molecular weight is 351 g/mol. The fourth-order valence-electron chi connectivity index (χ4n) is 1.92. The first kappa shape index (κ1) is 12.2. The molecular formula is C11H13Br2NO2. The quantitative estimate of drug-likeness (QED) is 0.889. The number of benzene rings is 1. The molecule has 5 heteroatoms. The van der Waals surface area contributed by atoms with Crippen LogP contribution in [0.4, 0.5) is 0 Å². The van der Waals surface area contributed by atoms with E-state index in [9.17, 15) is 0 Å². The number of ether oxygens (including phenoxy) is 2. The van der Waals surface area contributed by atoms with Crippen LogP contribution in [0.25, 0.3) is 0 Å². The van der Waals surface area contributed by atoms with E-state index in [0.717, 1.165) is 32.4 Å². The second-order valence-electron chi connectivity index (χ2n) is 3.71. The maximum atomic E-state index is 6.16. The number of nitrogens with two attached hydrogens (primary N) is 1. The summed E-state index contributed by atoms with van der Waals surface area (Å²) in [5, 5.41) is 0. The van der Waals surface area contributed by atoms with Crippen LogP contribution in [0.2, 0.25) is 0 Å². The molecule has 0 aromatic heterocycles. The third-order valence-corrected chi connectivity index (χ3v) is 4.20. The SMILES string of the molecule is CCC1Oc2c(Br)cc(OC)c(Br)c2C1N. The van der Waals surface area contributed by atoms with Crippen molar-refractivity contribution >= 4 is 31.9 Å². The van der Waals surface area contributed by atoms with E-state index in [1.165, 1.54) is 0 Å². The monoisotopic (exact) mass is 349 g/mol. The Bertz CT molecular complexity index is 423. The number of fused-ring (bicyclic) bond motifs is 1. The minimum atomic E-state index is -0.110. The minimum absolute atomic E-state index is 0.0368. The molecule has 1 aromatic rings. The van der Waals surface area contributed by atoms with Crippen molar-refractivity contribution in [3.63, 3.8) is 0 Å². The summed E-state index contributed by atoms with van der Waals surface area (Å²) < 4.78 is 12.9. The molecular weight excluding hydrogens is 338 g/mol. The molecule has 0 bridgehead atoms. The second-order valence-corrected chi connectivity index (χ2v) is 5.36. The van der Waals surface area contributed by atoms with Gasteiger partial charge in [0.2, 0.25) is 0 Å². The highest BCUT2D eigenvalue weighted by Gasteiger charge is 2.35. The van der Waals surface area contributed by atoms with Crippen molar-refractivity contribution in [2.24, 2.45) is 5.73 Å². The van der Waals surface area contributed by atoms with Crippen LogP contribution < -0.4 is 15.2 Å². The smallest absolute Gasteiger partial charge is 0.140 e. The number of rotatable bonds is 2. The molecule has 3 nitrogen and oxygen atoms in total. The molecule has 1 aliphatic rings. The highest BCUT2D eigenvalue weighted by Crippen LogP contribution is 2.49. The summed E-state index contributed by atoms with van der Waals surface area (Å²) in [5.74, 6) is 1.59. The van der Waals surface area contributed by atoms with Crippen molar-refractivity contribution in [3.8, 4) is 11.5 Å². The first-order chi connectivity index (χ1) is 7.60. The van der Waals surface area contributed by atoms with Gasteiger partial charge in [0.25, 0.3) is 0 Å². The number of hydrogen-bond acceptors (Lipinski definition) is 3. The number of hydrogen-bond donors (Lipinski definition) is 1. The van der Waals surface area contributed by atoms with E-state index in [-0.39, 0.29) is 12.1 Å². The Morgan fingerprint density at radius 3 is 2.75 bits per heavy atom. The molecule has 0 radical (unpaired) electrons. The van der Waals surface area contributed by atoms with Gasteiger partial charge in [0.05, 0.1) is 22.1 Å². The molecule has 16 heavy (non-hydrogen) atoms. The molecule has 2 atom stereocenters. The molecule has 2 N–H and O–H groups in total.